The Morgan fingerprint density at radius 3 is 2.74 bits per heavy atom. The molecule has 0 amide bonds. The Bertz CT molecular complexity index is 601. The largest absolute Gasteiger partial charge is 0.313 e. The molecule has 1 saturated carbocycles. The predicted molar refractivity (Wildman–Crippen MR) is 72.1 cm³/mol. The van der Waals surface area contributed by atoms with Crippen LogP contribution in [-0.2, 0) is 10.0 Å². The van der Waals surface area contributed by atoms with Gasteiger partial charge in [0, 0.05) is 19.1 Å². The van der Waals surface area contributed by atoms with Gasteiger partial charge in [-0.2, -0.15) is 5.26 Å². The number of benzene rings is 1. The molecular formula is C13H17N3O2S. The molecule has 1 aromatic carbocycles. The van der Waals surface area contributed by atoms with E-state index in [1.807, 2.05) is 6.07 Å². The zero-order chi connectivity index (χ0) is 13.9. The lowest BCUT2D eigenvalue weighted by molar-refractivity contribution is 0.575. The van der Waals surface area contributed by atoms with Crippen molar-refractivity contribution in [2.45, 2.75) is 30.7 Å². The molecule has 0 spiro atoms. The van der Waals surface area contributed by atoms with E-state index in [-0.39, 0.29) is 4.90 Å². The Kier molecular flexibility index (Phi) is 4.20. The lowest BCUT2D eigenvalue weighted by Gasteiger charge is -2.10. The van der Waals surface area contributed by atoms with Crippen molar-refractivity contribution in [1.82, 2.24) is 10.0 Å². The van der Waals surface area contributed by atoms with Crippen molar-refractivity contribution in [3.8, 4) is 6.07 Å². The van der Waals surface area contributed by atoms with E-state index in [2.05, 4.69) is 10.0 Å². The molecule has 0 aromatic heterocycles. The highest BCUT2D eigenvalue weighted by molar-refractivity contribution is 7.89. The molecule has 0 saturated heterocycles. The van der Waals surface area contributed by atoms with E-state index in [9.17, 15) is 8.42 Å². The minimum Gasteiger partial charge on any atom is -0.313 e. The number of nitriles is 1. The lowest BCUT2D eigenvalue weighted by atomic mass is 10.2. The summed E-state index contributed by atoms with van der Waals surface area (Å²) in [4.78, 5) is 0.179. The standard InChI is InChI=1S/C13H17N3O2S/c1-10-2-3-11(9-14)8-13(10)19(17,18)16-7-6-15-12-4-5-12/h2-3,8,12,15-16H,4-7H2,1H3. The number of rotatable bonds is 6. The fourth-order valence-electron chi connectivity index (χ4n) is 1.79. The molecule has 19 heavy (non-hydrogen) atoms. The molecular weight excluding hydrogens is 262 g/mol. The van der Waals surface area contributed by atoms with Gasteiger partial charge in [-0.05, 0) is 37.5 Å². The summed E-state index contributed by atoms with van der Waals surface area (Å²) in [5, 5.41) is 12.1. The first-order chi connectivity index (χ1) is 9.03. The van der Waals surface area contributed by atoms with Crippen LogP contribution in [0.25, 0.3) is 0 Å². The summed E-state index contributed by atoms with van der Waals surface area (Å²) in [6.45, 7) is 2.70. The van der Waals surface area contributed by atoms with E-state index in [0.717, 1.165) is 0 Å². The molecule has 1 aliphatic carbocycles. The zero-order valence-electron chi connectivity index (χ0n) is 10.8. The SMILES string of the molecule is Cc1ccc(C#N)cc1S(=O)(=O)NCCNC1CC1. The normalized spacial score (nSPS) is 15.2. The second-order valence-corrected chi connectivity index (χ2v) is 6.45. The molecule has 0 unspecified atom stereocenters. The van der Waals surface area contributed by atoms with Crippen molar-refractivity contribution < 1.29 is 8.42 Å². The summed E-state index contributed by atoms with van der Waals surface area (Å²) in [5.41, 5.74) is 0.990. The summed E-state index contributed by atoms with van der Waals surface area (Å²) in [5.74, 6) is 0. The van der Waals surface area contributed by atoms with Crippen LogP contribution in [0.1, 0.15) is 24.0 Å². The minimum absolute atomic E-state index is 0.179. The molecule has 6 heteroatoms. The van der Waals surface area contributed by atoms with Gasteiger partial charge in [0.1, 0.15) is 0 Å². The van der Waals surface area contributed by atoms with Gasteiger partial charge in [0.2, 0.25) is 10.0 Å². The highest BCUT2D eigenvalue weighted by Crippen LogP contribution is 2.18. The lowest BCUT2D eigenvalue weighted by Crippen LogP contribution is -2.33. The average molecular weight is 279 g/mol. The van der Waals surface area contributed by atoms with E-state index in [0.29, 0.717) is 30.3 Å². The van der Waals surface area contributed by atoms with E-state index < -0.39 is 10.0 Å². The van der Waals surface area contributed by atoms with Gasteiger partial charge in [-0.3, -0.25) is 0 Å². The van der Waals surface area contributed by atoms with E-state index >= 15 is 0 Å². The van der Waals surface area contributed by atoms with Gasteiger partial charge in [0.05, 0.1) is 16.5 Å². The summed E-state index contributed by atoms with van der Waals surface area (Å²) in [7, 11) is -3.54. The molecule has 1 aromatic rings. The first-order valence-electron chi connectivity index (χ1n) is 6.27. The highest BCUT2D eigenvalue weighted by atomic mass is 32.2. The number of hydrogen-bond donors (Lipinski definition) is 2. The second-order valence-electron chi connectivity index (χ2n) is 4.72. The summed E-state index contributed by atoms with van der Waals surface area (Å²) in [6, 6.07) is 7.19. The van der Waals surface area contributed by atoms with Crippen LogP contribution >= 0.6 is 0 Å². The molecule has 2 rings (SSSR count). The smallest absolute Gasteiger partial charge is 0.240 e. The Morgan fingerprint density at radius 1 is 1.37 bits per heavy atom. The molecule has 102 valence electrons. The molecule has 2 N–H and O–H groups in total. The van der Waals surface area contributed by atoms with Crippen LogP contribution in [0.3, 0.4) is 0 Å². The van der Waals surface area contributed by atoms with Gasteiger partial charge >= 0.3 is 0 Å². The third-order valence-corrected chi connectivity index (χ3v) is 4.64. The molecule has 0 aliphatic heterocycles. The molecule has 0 atom stereocenters. The van der Waals surface area contributed by atoms with Crippen molar-refractivity contribution in [1.29, 1.82) is 5.26 Å². The van der Waals surface area contributed by atoms with Crippen LogP contribution < -0.4 is 10.0 Å². The first kappa shape index (κ1) is 14.0. The van der Waals surface area contributed by atoms with Gasteiger partial charge in [-0.15, -0.1) is 0 Å². The van der Waals surface area contributed by atoms with Gasteiger partial charge in [0.15, 0.2) is 0 Å². The number of nitrogens with one attached hydrogen (secondary N) is 2. The van der Waals surface area contributed by atoms with Gasteiger partial charge in [-0.1, -0.05) is 6.07 Å². The van der Waals surface area contributed by atoms with Gasteiger partial charge in [0.25, 0.3) is 0 Å². The third-order valence-electron chi connectivity index (χ3n) is 3.03. The molecule has 5 nitrogen and oxygen atoms in total. The molecule has 1 aliphatic rings. The van der Waals surface area contributed by atoms with Crippen LogP contribution in [0.5, 0.6) is 0 Å². The Hall–Kier alpha value is -1.42. The topological polar surface area (TPSA) is 82.0 Å². The van der Waals surface area contributed by atoms with Gasteiger partial charge in [-0.25, -0.2) is 13.1 Å². The third kappa shape index (κ3) is 3.77. The predicted octanol–water partition coefficient (Wildman–Crippen LogP) is 0.897. The fraction of sp³-hybridized carbons (Fsp3) is 0.462. The van der Waals surface area contributed by atoms with Gasteiger partial charge < -0.3 is 5.32 Å². The number of sulfonamides is 1. The van der Waals surface area contributed by atoms with Crippen molar-refractivity contribution >= 4 is 10.0 Å². The summed E-state index contributed by atoms with van der Waals surface area (Å²) >= 11 is 0. The Morgan fingerprint density at radius 2 is 2.11 bits per heavy atom. The Balaban J connectivity index is 2.03. The Labute approximate surface area is 113 Å². The van der Waals surface area contributed by atoms with Crippen molar-refractivity contribution in [2.24, 2.45) is 0 Å². The number of aryl methyl sites for hydroxylation is 1. The van der Waals surface area contributed by atoms with E-state index in [1.165, 1.54) is 18.9 Å². The zero-order valence-corrected chi connectivity index (χ0v) is 11.6. The molecule has 0 bridgehead atoms. The maximum Gasteiger partial charge on any atom is 0.240 e. The highest BCUT2D eigenvalue weighted by Gasteiger charge is 2.21. The molecule has 0 radical (unpaired) electrons. The first-order valence-corrected chi connectivity index (χ1v) is 7.75. The van der Waals surface area contributed by atoms with Crippen molar-refractivity contribution in [2.75, 3.05) is 13.1 Å². The number of hydrogen-bond acceptors (Lipinski definition) is 4. The van der Waals surface area contributed by atoms with Crippen LogP contribution in [0.15, 0.2) is 23.1 Å². The molecule has 0 heterocycles. The summed E-state index contributed by atoms with van der Waals surface area (Å²) < 4.78 is 26.8. The summed E-state index contributed by atoms with van der Waals surface area (Å²) in [6.07, 6.45) is 2.35. The molecule has 1 fully saturated rings. The maximum atomic E-state index is 12.1. The quantitative estimate of drug-likeness (QED) is 0.758. The van der Waals surface area contributed by atoms with Crippen LogP contribution in [0.2, 0.25) is 0 Å². The maximum absolute atomic E-state index is 12.1. The minimum atomic E-state index is -3.54. The average Bonchev–Trinajstić information content (AvgIpc) is 3.19. The fourth-order valence-corrected chi connectivity index (χ4v) is 3.09. The van der Waals surface area contributed by atoms with Crippen molar-refractivity contribution in [3.63, 3.8) is 0 Å². The number of nitrogens with zero attached hydrogens (tertiary/aromatic N) is 1. The van der Waals surface area contributed by atoms with Crippen LogP contribution in [0.4, 0.5) is 0 Å². The van der Waals surface area contributed by atoms with E-state index in [4.69, 9.17) is 5.26 Å². The van der Waals surface area contributed by atoms with Crippen LogP contribution in [-0.4, -0.2) is 27.5 Å². The van der Waals surface area contributed by atoms with E-state index in [1.54, 1.807) is 19.1 Å². The monoisotopic (exact) mass is 279 g/mol. The van der Waals surface area contributed by atoms with Crippen molar-refractivity contribution in [3.05, 3.63) is 29.3 Å². The second kappa shape index (κ2) is 5.70. The van der Waals surface area contributed by atoms with Crippen LogP contribution in [0, 0.1) is 18.3 Å².